The average Bonchev–Trinajstić information content (AvgIpc) is 3.30. The van der Waals surface area contributed by atoms with Gasteiger partial charge in [-0.15, -0.1) is 0 Å². The van der Waals surface area contributed by atoms with Gasteiger partial charge in [0.15, 0.2) is 0 Å². The molecule has 0 spiro atoms. The standard InChI is InChI=1S/C14H22N4O2/c1-15-11-8-12(18-13(17-11)10-2-3-10)16-9-14(19)4-6-20-7-5-14/h8,10,19H,2-7,9H2,1H3,(H2,15,16,17,18). The second-order valence-electron chi connectivity index (χ2n) is 5.71. The predicted molar refractivity (Wildman–Crippen MR) is 77.0 cm³/mol. The minimum absolute atomic E-state index is 0.501. The molecule has 6 heteroatoms. The predicted octanol–water partition coefficient (Wildman–Crippen LogP) is 1.35. The molecule has 1 aromatic heterocycles. The molecule has 3 N–H and O–H groups in total. The fraction of sp³-hybridized carbons (Fsp3) is 0.714. The second kappa shape index (κ2) is 5.54. The van der Waals surface area contributed by atoms with E-state index in [2.05, 4.69) is 20.6 Å². The summed E-state index contributed by atoms with van der Waals surface area (Å²) in [4.78, 5) is 9.04. The molecular weight excluding hydrogens is 256 g/mol. The van der Waals surface area contributed by atoms with Crippen molar-refractivity contribution in [3.8, 4) is 0 Å². The van der Waals surface area contributed by atoms with Crippen LogP contribution in [-0.4, -0.2) is 47.5 Å². The third-order valence-corrected chi connectivity index (χ3v) is 3.96. The summed E-state index contributed by atoms with van der Waals surface area (Å²) < 4.78 is 5.29. The highest BCUT2D eigenvalue weighted by Gasteiger charge is 2.30. The zero-order valence-electron chi connectivity index (χ0n) is 11.9. The molecule has 1 aromatic rings. The van der Waals surface area contributed by atoms with E-state index in [1.807, 2.05) is 13.1 Å². The van der Waals surface area contributed by atoms with Gasteiger partial charge in [-0.1, -0.05) is 0 Å². The van der Waals surface area contributed by atoms with Crippen LogP contribution in [0.2, 0.25) is 0 Å². The van der Waals surface area contributed by atoms with E-state index >= 15 is 0 Å². The average molecular weight is 278 g/mol. The number of ether oxygens (including phenoxy) is 1. The molecule has 1 aliphatic carbocycles. The number of nitrogens with zero attached hydrogens (tertiary/aromatic N) is 2. The first-order chi connectivity index (χ1) is 9.68. The van der Waals surface area contributed by atoms with Crippen molar-refractivity contribution in [2.45, 2.75) is 37.2 Å². The molecule has 2 heterocycles. The normalized spacial score (nSPS) is 21.5. The van der Waals surface area contributed by atoms with Gasteiger partial charge in [-0.05, 0) is 12.8 Å². The lowest BCUT2D eigenvalue weighted by Crippen LogP contribution is -2.42. The molecular formula is C14H22N4O2. The topological polar surface area (TPSA) is 79.3 Å². The van der Waals surface area contributed by atoms with Gasteiger partial charge in [-0.3, -0.25) is 0 Å². The molecule has 0 radical (unpaired) electrons. The van der Waals surface area contributed by atoms with Gasteiger partial charge in [0.25, 0.3) is 0 Å². The van der Waals surface area contributed by atoms with Gasteiger partial charge in [-0.2, -0.15) is 0 Å². The van der Waals surface area contributed by atoms with Crippen LogP contribution in [0.5, 0.6) is 0 Å². The lowest BCUT2D eigenvalue weighted by molar-refractivity contribution is -0.0543. The fourth-order valence-electron chi connectivity index (χ4n) is 2.39. The maximum Gasteiger partial charge on any atom is 0.136 e. The van der Waals surface area contributed by atoms with E-state index in [9.17, 15) is 5.11 Å². The molecule has 1 aliphatic heterocycles. The summed E-state index contributed by atoms with van der Waals surface area (Å²) in [6.45, 7) is 1.74. The van der Waals surface area contributed by atoms with Crippen molar-refractivity contribution in [3.05, 3.63) is 11.9 Å². The minimum atomic E-state index is -0.692. The number of nitrogens with one attached hydrogen (secondary N) is 2. The summed E-state index contributed by atoms with van der Waals surface area (Å²) >= 11 is 0. The van der Waals surface area contributed by atoms with Crippen LogP contribution in [0, 0.1) is 0 Å². The summed E-state index contributed by atoms with van der Waals surface area (Å²) in [5.41, 5.74) is -0.692. The summed E-state index contributed by atoms with van der Waals surface area (Å²) in [5, 5.41) is 16.8. The lowest BCUT2D eigenvalue weighted by Gasteiger charge is -2.32. The van der Waals surface area contributed by atoms with Gasteiger partial charge in [0.2, 0.25) is 0 Å². The zero-order chi connectivity index (χ0) is 14.0. The Bertz CT molecular complexity index is 470. The molecule has 110 valence electrons. The van der Waals surface area contributed by atoms with E-state index in [4.69, 9.17) is 4.74 Å². The van der Waals surface area contributed by atoms with E-state index in [1.165, 1.54) is 12.8 Å². The number of rotatable bonds is 5. The molecule has 0 atom stereocenters. The minimum Gasteiger partial charge on any atom is -0.388 e. The SMILES string of the molecule is CNc1cc(NCC2(O)CCOCC2)nc(C2CC2)n1. The summed E-state index contributed by atoms with van der Waals surface area (Å²) in [6.07, 6.45) is 3.68. The number of hydrogen-bond donors (Lipinski definition) is 3. The monoisotopic (exact) mass is 278 g/mol. The van der Waals surface area contributed by atoms with Crippen LogP contribution in [0.4, 0.5) is 11.6 Å². The maximum absolute atomic E-state index is 10.4. The van der Waals surface area contributed by atoms with Crippen molar-refractivity contribution in [1.29, 1.82) is 0 Å². The fourth-order valence-corrected chi connectivity index (χ4v) is 2.39. The van der Waals surface area contributed by atoms with Crippen LogP contribution in [0.15, 0.2) is 6.07 Å². The van der Waals surface area contributed by atoms with Crippen LogP contribution in [0.25, 0.3) is 0 Å². The third-order valence-electron chi connectivity index (χ3n) is 3.96. The highest BCUT2D eigenvalue weighted by atomic mass is 16.5. The molecule has 1 saturated carbocycles. The number of anilines is 2. The summed E-state index contributed by atoms with van der Waals surface area (Å²) in [7, 11) is 1.86. The van der Waals surface area contributed by atoms with E-state index in [1.54, 1.807) is 0 Å². The van der Waals surface area contributed by atoms with Crippen molar-refractivity contribution >= 4 is 11.6 Å². The van der Waals surface area contributed by atoms with Crippen molar-refractivity contribution in [2.24, 2.45) is 0 Å². The van der Waals surface area contributed by atoms with Crippen molar-refractivity contribution in [1.82, 2.24) is 9.97 Å². The quantitative estimate of drug-likeness (QED) is 0.754. The van der Waals surface area contributed by atoms with Crippen molar-refractivity contribution in [3.63, 3.8) is 0 Å². The van der Waals surface area contributed by atoms with E-state index in [0.717, 1.165) is 17.5 Å². The van der Waals surface area contributed by atoms with Gasteiger partial charge in [0, 0.05) is 51.6 Å². The van der Waals surface area contributed by atoms with Gasteiger partial charge < -0.3 is 20.5 Å². The first kappa shape index (κ1) is 13.6. The largest absolute Gasteiger partial charge is 0.388 e. The molecule has 0 bridgehead atoms. The van der Waals surface area contributed by atoms with Crippen LogP contribution in [0.1, 0.15) is 37.4 Å². The van der Waals surface area contributed by atoms with Gasteiger partial charge in [0.1, 0.15) is 17.5 Å². The Morgan fingerprint density at radius 2 is 2.00 bits per heavy atom. The molecule has 2 fully saturated rings. The van der Waals surface area contributed by atoms with Crippen LogP contribution in [0.3, 0.4) is 0 Å². The number of hydrogen-bond acceptors (Lipinski definition) is 6. The number of aliphatic hydroxyl groups is 1. The summed E-state index contributed by atoms with van der Waals surface area (Å²) in [5.74, 6) is 3.02. The first-order valence-electron chi connectivity index (χ1n) is 7.29. The van der Waals surface area contributed by atoms with Crippen LogP contribution < -0.4 is 10.6 Å². The molecule has 2 aliphatic rings. The molecule has 0 aromatic carbocycles. The highest BCUT2D eigenvalue weighted by molar-refractivity contribution is 5.48. The van der Waals surface area contributed by atoms with Crippen LogP contribution in [-0.2, 0) is 4.74 Å². The van der Waals surface area contributed by atoms with E-state index in [0.29, 0.717) is 38.5 Å². The third kappa shape index (κ3) is 3.19. The van der Waals surface area contributed by atoms with E-state index in [-0.39, 0.29) is 0 Å². The lowest BCUT2D eigenvalue weighted by atomic mass is 9.94. The molecule has 0 unspecified atom stereocenters. The van der Waals surface area contributed by atoms with Gasteiger partial charge in [-0.25, -0.2) is 9.97 Å². The zero-order valence-corrected chi connectivity index (χ0v) is 11.9. The smallest absolute Gasteiger partial charge is 0.136 e. The maximum atomic E-state index is 10.4. The Kier molecular flexibility index (Phi) is 3.76. The first-order valence-corrected chi connectivity index (χ1v) is 7.29. The Labute approximate surface area is 119 Å². The Balaban J connectivity index is 1.68. The molecule has 0 amide bonds. The number of aromatic nitrogens is 2. The van der Waals surface area contributed by atoms with Crippen molar-refractivity contribution in [2.75, 3.05) is 37.4 Å². The Morgan fingerprint density at radius 3 is 2.65 bits per heavy atom. The summed E-state index contributed by atoms with van der Waals surface area (Å²) in [6, 6.07) is 1.88. The van der Waals surface area contributed by atoms with Crippen LogP contribution >= 0.6 is 0 Å². The Morgan fingerprint density at radius 1 is 1.30 bits per heavy atom. The molecule has 1 saturated heterocycles. The van der Waals surface area contributed by atoms with Crippen molar-refractivity contribution < 1.29 is 9.84 Å². The van der Waals surface area contributed by atoms with Gasteiger partial charge >= 0.3 is 0 Å². The molecule has 20 heavy (non-hydrogen) atoms. The highest BCUT2D eigenvalue weighted by Crippen LogP contribution is 2.38. The Hall–Kier alpha value is -1.40. The second-order valence-corrected chi connectivity index (χ2v) is 5.71. The van der Waals surface area contributed by atoms with E-state index < -0.39 is 5.60 Å². The molecule has 6 nitrogen and oxygen atoms in total. The molecule has 3 rings (SSSR count). The van der Waals surface area contributed by atoms with Gasteiger partial charge in [0.05, 0.1) is 5.60 Å².